The molecule has 16 heteroatoms. The largest absolute Gasteiger partial charge is 0.453 e. The van der Waals surface area contributed by atoms with Gasteiger partial charge in [0.1, 0.15) is 41.7 Å². The van der Waals surface area contributed by atoms with Gasteiger partial charge in [-0.1, -0.05) is 12.1 Å². The molecule has 7 heterocycles. The highest BCUT2D eigenvalue weighted by molar-refractivity contribution is 6.05. The zero-order valence-corrected chi connectivity index (χ0v) is 35.2. The third-order valence-corrected chi connectivity index (χ3v) is 13.7. The van der Waals surface area contributed by atoms with Crippen LogP contribution in [0.25, 0.3) is 16.7 Å². The molecule has 64 heavy (non-hydrogen) atoms. The maximum Gasteiger partial charge on any atom is 0.267 e. The molecular formula is C48H47F2N9O5. The van der Waals surface area contributed by atoms with Gasteiger partial charge in [-0.25, -0.2) is 18.7 Å². The first-order valence-corrected chi connectivity index (χ1v) is 22.1. The van der Waals surface area contributed by atoms with Gasteiger partial charge in [0.2, 0.25) is 11.8 Å². The summed E-state index contributed by atoms with van der Waals surface area (Å²) in [6, 6.07) is 18.6. The highest BCUT2D eigenvalue weighted by Gasteiger charge is 2.39. The number of anilines is 2. The van der Waals surface area contributed by atoms with Crippen molar-refractivity contribution in [2.24, 2.45) is 5.92 Å². The van der Waals surface area contributed by atoms with E-state index in [-0.39, 0.29) is 52.8 Å². The van der Waals surface area contributed by atoms with Crippen LogP contribution in [0, 0.1) is 23.1 Å². The average Bonchev–Trinajstić information content (AvgIpc) is 3.89. The molecule has 1 N–H and O–H groups in total. The summed E-state index contributed by atoms with van der Waals surface area (Å²) in [7, 11) is 0. The normalized spacial score (nSPS) is 21.1. The van der Waals surface area contributed by atoms with Crippen molar-refractivity contribution in [3.8, 4) is 23.4 Å². The third kappa shape index (κ3) is 7.93. The number of alkyl halides is 1. The summed E-state index contributed by atoms with van der Waals surface area (Å²) < 4.78 is 36.3. The van der Waals surface area contributed by atoms with Crippen LogP contribution in [0.4, 0.5) is 20.2 Å². The van der Waals surface area contributed by atoms with Crippen molar-refractivity contribution in [1.82, 2.24) is 29.7 Å². The molecule has 0 bridgehead atoms. The Morgan fingerprint density at radius 1 is 0.859 bits per heavy atom. The smallest absolute Gasteiger partial charge is 0.267 e. The van der Waals surface area contributed by atoms with Crippen LogP contribution in [-0.2, 0) is 16.1 Å². The highest BCUT2D eigenvalue weighted by atomic mass is 19.1. The molecule has 3 aromatic carbocycles. The van der Waals surface area contributed by atoms with Gasteiger partial charge in [-0.2, -0.15) is 5.26 Å². The molecule has 5 aromatic rings. The summed E-state index contributed by atoms with van der Waals surface area (Å²) in [6.07, 6.45) is 7.32. The molecule has 5 aliphatic rings. The molecular weight excluding hydrogens is 821 g/mol. The number of carbonyl (C=O) groups is 3. The Balaban J connectivity index is 0.731. The number of imide groups is 1. The number of halogens is 2. The first kappa shape index (κ1) is 41.3. The summed E-state index contributed by atoms with van der Waals surface area (Å²) in [5.74, 6) is -0.305. The van der Waals surface area contributed by atoms with Gasteiger partial charge in [-0.05, 0) is 123 Å². The highest BCUT2D eigenvalue weighted by Crippen LogP contribution is 2.38. The van der Waals surface area contributed by atoms with Crippen LogP contribution < -0.4 is 25.4 Å². The second kappa shape index (κ2) is 17.1. The number of nitrogens with one attached hydrogen (secondary N) is 1. The van der Waals surface area contributed by atoms with E-state index in [0.717, 1.165) is 69.7 Å². The lowest BCUT2D eigenvalue weighted by Crippen LogP contribution is -2.52. The number of hydrogen-bond donors (Lipinski definition) is 1. The van der Waals surface area contributed by atoms with Crippen LogP contribution in [0.1, 0.15) is 77.9 Å². The molecule has 14 nitrogen and oxygen atoms in total. The van der Waals surface area contributed by atoms with Crippen LogP contribution in [-0.4, -0.2) is 100 Å². The zero-order chi connectivity index (χ0) is 44.1. The van der Waals surface area contributed by atoms with Crippen molar-refractivity contribution in [3.63, 3.8) is 0 Å². The number of amides is 3. The van der Waals surface area contributed by atoms with Gasteiger partial charge in [-0.3, -0.25) is 29.1 Å². The number of nitriles is 1. The Labute approximate surface area is 368 Å². The maximum atomic E-state index is 15.1. The van der Waals surface area contributed by atoms with E-state index >= 15 is 4.39 Å². The quantitative estimate of drug-likeness (QED) is 0.174. The number of pyridine rings is 1. The number of rotatable bonds is 9. The fourth-order valence-corrected chi connectivity index (χ4v) is 10.1. The minimum atomic E-state index is -1.03. The maximum absolute atomic E-state index is 15.1. The first-order chi connectivity index (χ1) is 31.1. The van der Waals surface area contributed by atoms with Gasteiger partial charge < -0.3 is 24.3 Å². The Bertz CT molecular complexity index is 2760. The van der Waals surface area contributed by atoms with Crippen molar-refractivity contribution < 1.29 is 27.9 Å². The minimum absolute atomic E-state index is 0.0411. The molecule has 2 aromatic heterocycles. The van der Waals surface area contributed by atoms with E-state index in [0.29, 0.717) is 60.4 Å². The monoisotopic (exact) mass is 867 g/mol. The van der Waals surface area contributed by atoms with Gasteiger partial charge in [0.15, 0.2) is 11.6 Å². The minimum Gasteiger partial charge on any atom is -0.453 e. The molecule has 3 amide bonds. The lowest BCUT2D eigenvalue weighted by atomic mass is 9.87. The van der Waals surface area contributed by atoms with Crippen molar-refractivity contribution in [1.29, 1.82) is 5.26 Å². The van der Waals surface area contributed by atoms with E-state index in [1.54, 1.807) is 34.2 Å². The van der Waals surface area contributed by atoms with Crippen LogP contribution >= 0.6 is 0 Å². The van der Waals surface area contributed by atoms with Gasteiger partial charge >= 0.3 is 0 Å². The molecule has 4 fully saturated rings. The second-order valence-corrected chi connectivity index (χ2v) is 17.6. The van der Waals surface area contributed by atoms with E-state index in [1.807, 2.05) is 18.2 Å². The van der Waals surface area contributed by atoms with Crippen LogP contribution in [0.3, 0.4) is 0 Å². The molecule has 1 unspecified atom stereocenters. The van der Waals surface area contributed by atoms with E-state index in [9.17, 15) is 28.8 Å². The van der Waals surface area contributed by atoms with E-state index in [1.165, 1.54) is 34.7 Å². The number of fused-ring (bicyclic) bond motifs is 2. The Kier molecular flexibility index (Phi) is 11.0. The third-order valence-electron chi connectivity index (χ3n) is 13.7. The van der Waals surface area contributed by atoms with Gasteiger partial charge in [0, 0.05) is 51.3 Å². The topological polar surface area (TPSA) is 157 Å². The standard InChI is InChI=1S/C48H47F2N9O5/c49-33-15-20-57(27-33)41-7-5-39(50)45(38(41)23-51)64-35-3-6-40-37(22-35)48(63)59(28-53-40)43-9-2-34(24-52-43)56-18-11-29(12-19-56)25-55-16-13-30(14-17-55)31-1-4-36-32(21-31)26-58(47(36)62)42-8-10-44(60)54-46(42)61/h1-7,9,21-22,24,28-30,33,42H,8,10-20,25-27H2,(H,54,60,61)/t33-,42?/m1/s1. The van der Waals surface area contributed by atoms with Gasteiger partial charge in [0.25, 0.3) is 11.5 Å². The number of hydrogen-bond acceptors (Lipinski definition) is 11. The van der Waals surface area contributed by atoms with Crippen LogP contribution in [0.2, 0.25) is 0 Å². The fourth-order valence-electron chi connectivity index (χ4n) is 10.1. The molecule has 328 valence electrons. The summed E-state index contributed by atoms with van der Waals surface area (Å²) in [5.41, 5.74) is 4.22. The van der Waals surface area contributed by atoms with Crippen molar-refractivity contribution in [2.45, 2.75) is 69.6 Å². The molecule has 4 saturated heterocycles. The molecule has 0 radical (unpaired) electrons. The lowest BCUT2D eigenvalue weighted by Gasteiger charge is -2.38. The number of benzene rings is 3. The number of likely N-dealkylation sites (tertiary alicyclic amines) is 1. The Morgan fingerprint density at radius 2 is 1.67 bits per heavy atom. The zero-order valence-electron chi connectivity index (χ0n) is 35.2. The first-order valence-electron chi connectivity index (χ1n) is 22.1. The summed E-state index contributed by atoms with van der Waals surface area (Å²) in [4.78, 5) is 68.4. The Hall–Kier alpha value is -6.73. The second-order valence-electron chi connectivity index (χ2n) is 17.6. The Morgan fingerprint density at radius 3 is 2.41 bits per heavy atom. The number of piperidine rings is 3. The average molecular weight is 868 g/mol. The number of aromatic nitrogens is 3. The van der Waals surface area contributed by atoms with E-state index in [2.05, 4.69) is 37.2 Å². The molecule has 10 rings (SSSR count). The molecule has 0 saturated carbocycles. The predicted octanol–water partition coefficient (Wildman–Crippen LogP) is 5.99. The van der Waals surface area contributed by atoms with Gasteiger partial charge in [-0.15, -0.1) is 0 Å². The molecule has 0 aliphatic carbocycles. The predicted molar refractivity (Wildman–Crippen MR) is 234 cm³/mol. The molecule has 0 spiro atoms. The van der Waals surface area contributed by atoms with Crippen molar-refractivity contribution in [3.05, 3.63) is 112 Å². The lowest BCUT2D eigenvalue weighted by molar-refractivity contribution is -0.136. The van der Waals surface area contributed by atoms with Crippen LogP contribution in [0.5, 0.6) is 11.5 Å². The van der Waals surface area contributed by atoms with Crippen molar-refractivity contribution >= 4 is 40.0 Å². The SMILES string of the molecule is N#Cc1c(N2CC[C@@H](F)C2)ccc(F)c1Oc1ccc2ncn(-c3ccc(N4CCC(CN5CCC(c6ccc7c(c6)CN(C6CCC(=O)NC6=O)C7=O)CC5)CC4)cn3)c(=O)c2c1. The molecule has 5 aliphatic heterocycles. The summed E-state index contributed by atoms with van der Waals surface area (Å²) in [6.45, 7) is 5.80. The van der Waals surface area contributed by atoms with Gasteiger partial charge in [0.05, 0.1) is 28.5 Å². The van der Waals surface area contributed by atoms with E-state index in [4.69, 9.17) is 4.74 Å². The fraction of sp³-hybridized carbons (Fsp3) is 0.396. The van der Waals surface area contributed by atoms with Crippen LogP contribution in [0.15, 0.2) is 78.0 Å². The summed E-state index contributed by atoms with van der Waals surface area (Å²) in [5, 5.41) is 12.6. The number of nitrogens with zero attached hydrogens (tertiary/aromatic N) is 8. The molecule has 2 atom stereocenters. The van der Waals surface area contributed by atoms with Crippen molar-refractivity contribution in [2.75, 3.05) is 55.6 Å². The number of carbonyl (C=O) groups excluding carboxylic acids is 3. The van der Waals surface area contributed by atoms with E-state index < -0.39 is 23.9 Å². The number of ether oxygens (including phenoxy) is 1. The summed E-state index contributed by atoms with van der Waals surface area (Å²) >= 11 is 0.